The van der Waals surface area contributed by atoms with Gasteiger partial charge in [-0.05, 0) is 37.5 Å². The number of nitrogens with one attached hydrogen (secondary N) is 1. The molecule has 1 aromatic carbocycles. The molecule has 184 valence electrons. The van der Waals surface area contributed by atoms with E-state index >= 15 is 0 Å². The van der Waals surface area contributed by atoms with Crippen LogP contribution in [0.25, 0.3) is 0 Å². The van der Waals surface area contributed by atoms with E-state index in [2.05, 4.69) is 15.3 Å². The fraction of sp³-hybridized carbons (Fsp3) is 0.476. The molecule has 0 unspecified atom stereocenters. The highest BCUT2D eigenvalue weighted by Gasteiger charge is 2.51. The van der Waals surface area contributed by atoms with Gasteiger partial charge >= 0.3 is 6.18 Å². The molecule has 2 aliphatic rings. The number of benzene rings is 1. The lowest BCUT2D eigenvalue weighted by Gasteiger charge is -2.47. The van der Waals surface area contributed by atoms with E-state index in [0.717, 1.165) is 18.5 Å². The molecule has 0 aliphatic carbocycles. The number of nitrogen functional groups attached to an aromatic ring is 1. The van der Waals surface area contributed by atoms with Gasteiger partial charge in [-0.25, -0.2) is 14.4 Å². The predicted molar refractivity (Wildman–Crippen MR) is 116 cm³/mol. The van der Waals surface area contributed by atoms with E-state index in [4.69, 9.17) is 17.3 Å². The van der Waals surface area contributed by atoms with Crippen molar-refractivity contribution in [2.24, 2.45) is 5.92 Å². The van der Waals surface area contributed by atoms with Crippen LogP contribution in [0.2, 0.25) is 5.02 Å². The molecule has 34 heavy (non-hydrogen) atoms. The summed E-state index contributed by atoms with van der Waals surface area (Å²) < 4.78 is 70.0. The molecule has 7 nitrogen and oxygen atoms in total. The maximum absolute atomic E-state index is 14.5. The van der Waals surface area contributed by atoms with Crippen LogP contribution in [0.5, 0.6) is 0 Å². The van der Waals surface area contributed by atoms with E-state index in [1.54, 1.807) is 0 Å². The van der Waals surface area contributed by atoms with E-state index in [-0.39, 0.29) is 42.6 Å². The monoisotopic (exact) mass is 504 g/mol. The van der Waals surface area contributed by atoms with E-state index in [1.165, 1.54) is 15.9 Å². The molecule has 1 amide bonds. The van der Waals surface area contributed by atoms with Crippen LogP contribution in [0.3, 0.4) is 0 Å². The topological polar surface area (TPSA) is 87.4 Å². The Morgan fingerprint density at radius 1 is 1.12 bits per heavy atom. The number of likely N-dealkylation sites (tertiary alicyclic amines) is 1. The van der Waals surface area contributed by atoms with Gasteiger partial charge in [0.25, 0.3) is 0 Å². The summed E-state index contributed by atoms with van der Waals surface area (Å²) >= 11 is 5.87. The molecule has 0 saturated carbocycles. The molecule has 1 aromatic heterocycles. The van der Waals surface area contributed by atoms with Gasteiger partial charge in [-0.1, -0.05) is 11.6 Å². The number of nitrogens with zero attached hydrogens (tertiary/aromatic N) is 4. The molecule has 2 fully saturated rings. The molecule has 3 heterocycles. The Bertz CT molecular complexity index is 1050. The standard InChI is InChI=1S/C21H22ClF5N6O/c22-11-6-12(23)8-13(7-11)31-15-2-1-4-33(20(15)34)16-9-32(5-3-14(16)21(25,26)27)19-17(24)18(28)29-10-30-19/h6-8,10,14-16,31H,1-5,9H2,(H2,28,29,30)/t14-,15-,16-/m0/s1. The first-order valence-electron chi connectivity index (χ1n) is 10.7. The SMILES string of the molecule is Nc1ncnc(N2CC[C@H](C(F)(F)F)[C@@H](N3CCC[C@H](Nc4cc(F)cc(Cl)c4)C3=O)C2)c1F. The van der Waals surface area contributed by atoms with Gasteiger partial charge in [-0.15, -0.1) is 0 Å². The van der Waals surface area contributed by atoms with Gasteiger partial charge in [0.1, 0.15) is 18.2 Å². The maximum Gasteiger partial charge on any atom is 0.393 e. The minimum Gasteiger partial charge on any atom is -0.381 e. The van der Waals surface area contributed by atoms with E-state index in [1.807, 2.05) is 0 Å². The Morgan fingerprint density at radius 3 is 2.59 bits per heavy atom. The molecule has 13 heteroatoms. The molecule has 0 bridgehead atoms. The van der Waals surface area contributed by atoms with Crippen molar-refractivity contribution < 1.29 is 26.7 Å². The van der Waals surface area contributed by atoms with Crippen LogP contribution in [0.15, 0.2) is 24.5 Å². The highest BCUT2D eigenvalue weighted by Crippen LogP contribution is 2.39. The second-order valence-electron chi connectivity index (χ2n) is 8.38. The van der Waals surface area contributed by atoms with Crippen LogP contribution in [0, 0.1) is 17.6 Å². The molecule has 3 N–H and O–H groups in total. The molecule has 3 atom stereocenters. The summed E-state index contributed by atoms with van der Waals surface area (Å²) in [5.74, 6) is -4.48. The van der Waals surface area contributed by atoms with Gasteiger partial charge in [0.2, 0.25) is 11.7 Å². The first kappa shape index (κ1) is 24.2. The summed E-state index contributed by atoms with van der Waals surface area (Å²) in [6, 6.07) is 1.56. The third-order valence-electron chi connectivity index (χ3n) is 6.18. The maximum atomic E-state index is 14.5. The number of carbonyl (C=O) groups is 1. The average Bonchev–Trinajstić information content (AvgIpc) is 2.75. The fourth-order valence-electron chi connectivity index (χ4n) is 4.62. The molecule has 4 rings (SSSR count). The first-order valence-corrected chi connectivity index (χ1v) is 11.0. The van der Waals surface area contributed by atoms with E-state index in [0.29, 0.717) is 12.8 Å². The summed E-state index contributed by atoms with van der Waals surface area (Å²) in [6.45, 7) is -0.276. The Balaban J connectivity index is 1.59. The van der Waals surface area contributed by atoms with Crippen LogP contribution in [-0.2, 0) is 4.79 Å². The summed E-state index contributed by atoms with van der Waals surface area (Å²) in [5.41, 5.74) is 5.75. The van der Waals surface area contributed by atoms with Crippen LogP contribution in [-0.4, -0.2) is 58.7 Å². The molecular weight excluding hydrogens is 483 g/mol. The van der Waals surface area contributed by atoms with Crippen LogP contribution in [0.1, 0.15) is 19.3 Å². The van der Waals surface area contributed by atoms with Crippen LogP contribution in [0.4, 0.5) is 39.3 Å². The Morgan fingerprint density at radius 2 is 1.88 bits per heavy atom. The van der Waals surface area contributed by atoms with Crippen LogP contribution < -0.4 is 16.0 Å². The number of alkyl halides is 3. The Kier molecular flexibility index (Phi) is 6.70. The lowest BCUT2D eigenvalue weighted by molar-refractivity contribution is -0.197. The Hall–Kier alpha value is -2.89. The third-order valence-corrected chi connectivity index (χ3v) is 6.39. The van der Waals surface area contributed by atoms with Crippen molar-refractivity contribution in [2.75, 3.05) is 35.6 Å². The first-order chi connectivity index (χ1) is 16.0. The lowest BCUT2D eigenvalue weighted by Crippen LogP contribution is -2.62. The van der Waals surface area contributed by atoms with Crippen molar-refractivity contribution in [3.8, 4) is 0 Å². The molecule has 0 radical (unpaired) electrons. The molecule has 2 aromatic rings. The quantitative estimate of drug-likeness (QED) is 0.615. The van der Waals surface area contributed by atoms with Crippen molar-refractivity contribution in [1.82, 2.24) is 14.9 Å². The summed E-state index contributed by atoms with van der Waals surface area (Å²) in [4.78, 5) is 23.2. The minimum atomic E-state index is -4.56. The van der Waals surface area contributed by atoms with E-state index < -0.39 is 47.5 Å². The number of hydrogen-bond acceptors (Lipinski definition) is 6. The predicted octanol–water partition coefficient (Wildman–Crippen LogP) is 3.85. The number of carbonyl (C=O) groups excluding carboxylic acids is 1. The summed E-state index contributed by atoms with van der Waals surface area (Å²) in [5, 5.41) is 3.01. The normalized spacial score (nSPS) is 23.8. The van der Waals surface area contributed by atoms with Crippen molar-refractivity contribution in [1.29, 1.82) is 0 Å². The van der Waals surface area contributed by atoms with Crippen molar-refractivity contribution >= 4 is 34.8 Å². The largest absolute Gasteiger partial charge is 0.393 e. The van der Waals surface area contributed by atoms with Gasteiger partial charge in [0.05, 0.1) is 12.0 Å². The lowest BCUT2D eigenvalue weighted by atomic mass is 9.87. The zero-order valence-electron chi connectivity index (χ0n) is 17.8. The zero-order chi connectivity index (χ0) is 24.6. The smallest absolute Gasteiger partial charge is 0.381 e. The number of piperidine rings is 2. The van der Waals surface area contributed by atoms with Crippen molar-refractivity contribution in [3.05, 3.63) is 41.2 Å². The number of nitrogens with two attached hydrogens (primary N) is 1. The highest BCUT2D eigenvalue weighted by molar-refractivity contribution is 6.30. The fourth-order valence-corrected chi connectivity index (χ4v) is 4.84. The van der Waals surface area contributed by atoms with Gasteiger partial charge in [-0.3, -0.25) is 4.79 Å². The summed E-state index contributed by atoms with van der Waals surface area (Å²) in [6.07, 6.45) is -3.08. The number of halogens is 6. The third kappa shape index (κ3) is 4.96. The highest BCUT2D eigenvalue weighted by atomic mass is 35.5. The van der Waals surface area contributed by atoms with Gasteiger partial charge < -0.3 is 20.9 Å². The Labute approximate surface area is 197 Å². The van der Waals surface area contributed by atoms with Gasteiger partial charge in [0, 0.05) is 30.3 Å². The van der Waals surface area contributed by atoms with Gasteiger partial charge in [-0.2, -0.15) is 17.6 Å². The molecule has 0 spiro atoms. The van der Waals surface area contributed by atoms with E-state index in [9.17, 15) is 26.7 Å². The molecule has 2 saturated heterocycles. The average molecular weight is 505 g/mol. The number of hydrogen-bond donors (Lipinski definition) is 2. The summed E-state index contributed by atoms with van der Waals surface area (Å²) in [7, 11) is 0. The second-order valence-corrected chi connectivity index (χ2v) is 8.81. The molecule has 2 aliphatic heterocycles. The zero-order valence-corrected chi connectivity index (χ0v) is 18.6. The van der Waals surface area contributed by atoms with Gasteiger partial charge in [0.15, 0.2) is 11.6 Å². The van der Waals surface area contributed by atoms with Crippen molar-refractivity contribution in [3.63, 3.8) is 0 Å². The van der Waals surface area contributed by atoms with Crippen LogP contribution >= 0.6 is 11.6 Å². The number of amides is 1. The second kappa shape index (κ2) is 9.40. The van der Waals surface area contributed by atoms with Crippen molar-refractivity contribution in [2.45, 2.75) is 37.5 Å². The number of anilines is 3. The molecular formula is C21H22ClF5N6O. The number of rotatable bonds is 4. The minimum absolute atomic E-state index is 0.112. The number of aromatic nitrogens is 2.